The summed E-state index contributed by atoms with van der Waals surface area (Å²) >= 11 is 0. The molecule has 8 heteroatoms. The largest absolute Gasteiger partial charge is 0.489 e. The maximum absolute atomic E-state index is 13.8. The van der Waals surface area contributed by atoms with Crippen molar-refractivity contribution in [3.8, 4) is 5.75 Å². The molecule has 1 aliphatic heterocycles. The molecule has 6 nitrogen and oxygen atoms in total. The van der Waals surface area contributed by atoms with Crippen LogP contribution in [0.1, 0.15) is 75.0 Å². The minimum absolute atomic E-state index is 0.0384. The Morgan fingerprint density at radius 3 is 2.41 bits per heavy atom. The maximum atomic E-state index is 13.8. The third-order valence-electron chi connectivity index (χ3n) is 8.06. The van der Waals surface area contributed by atoms with E-state index in [2.05, 4.69) is 0 Å². The van der Waals surface area contributed by atoms with Crippen LogP contribution in [0.3, 0.4) is 0 Å². The van der Waals surface area contributed by atoms with Crippen molar-refractivity contribution < 1.29 is 27.4 Å². The number of sulfone groups is 1. The van der Waals surface area contributed by atoms with E-state index >= 15 is 0 Å². The van der Waals surface area contributed by atoms with Gasteiger partial charge in [0, 0.05) is 38.4 Å². The van der Waals surface area contributed by atoms with Gasteiger partial charge in [0.05, 0.1) is 17.1 Å². The van der Waals surface area contributed by atoms with E-state index in [1.807, 2.05) is 47.4 Å². The Balaban J connectivity index is 1.33. The minimum Gasteiger partial charge on any atom is -0.489 e. The minimum atomic E-state index is -3.18. The van der Waals surface area contributed by atoms with Gasteiger partial charge in [0.25, 0.3) is 0 Å². The van der Waals surface area contributed by atoms with Crippen LogP contribution < -0.4 is 4.74 Å². The number of ether oxygens (including phenoxy) is 1. The number of halogens is 1. The van der Waals surface area contributed by atoms with E-state index in [0.29, 0.717) is 50.4 Å². The summed E-state index contributed by atoms with van der Waals surface area (Å²) in [4.78, 5) is 14.9. The first-order chi connectivity index (χ1) is 18.8. The quantitative estimate of drug-likeness (QED) is 0.332. The molecule has 2 aliphatic rings. The second-order valence-corrected chi connectivity index (χ2v) is 13.6. The zero-order valence-corrected chi connectivity index (χ0v) is 23.5. The Labute approximate surface area is 232 Å². The molecule has 1 saturated heterocycles. The van der Waals surface area contributed by atoms with Crippen LogP contribution in [-0.4, -0.2) is 61.0 Å². The molecule has 2 aromatic rings. The Bertz CT molecular complexity index is 1140. The highest BCUT2D eigenvalue weighted by atomic mass is 32.2. The lowest BCUT2D eigenvalue weighted by molar-refractivity contribution is -0.121. The number of nitrogens with zero attached hydrogens (tertiary/aromatic N) is 1. The molecule has 1 heterocycles. The molecule has 2 fully saturated rings. The molecule has 0 radical (unpaired) electrons. The number of Topliss-reactive ketones (excluding diaryl/α,β-unsaturated/α-hetero) is 1. The lowest BCUT2D eigenvalue weighted by Gasteiger charge is -2.27. The molecular formula is C31H42FNO5S. The maximum Gasteiger partial charge on any atom is 0.153 e. The fourth-order valence-electron chi connectivity index (χ4n) is 5.79. The summed E-state index contributed by atoms with van der Waals surface area (Å²) in [5.41, 5.74) is 1.74. The molecule has 3 atom stereocenters. The number of aliphatic hydroxyl groups excluding tert-OH is 1. The molecule has 2 aromatic carbocycles. The first-order valence-corrected chi connectivity index (χ1v) is 16.1. The van der Waals surface area contributed by atoms with Gasteiger partial charge in [-0.1, -0.05) is 61.7 Å². The second-order valence-electron chi connectivity index (χ2n) is 11.2. The molecule has 1 aliphatic carbocycles. The molecule has 0 aromatic heterocycles. The average Bonchev–Trinajstić information content (AvgIpc) is 3.36. The molecule has 214 valence electrons. The van der Waals surface area contributed by atoms with Crippen LogP contribution in [0, 0.1) is 5.92 Å². The van der Waals surface area contributed by atoms with Crippen molar-refractivity contribution in [3.63, 3.8) is 0 Å². The fraction of sp³-hybridized carbons (Fsp3) is 0.581. The first-order valence-electron chi connectivity index (χ1n) is 14.3. The summed E-state index contributed by atoms with van der Waals surface area (Å²) in [5, 5.41) is 11.0. The molecule has 0 unspecified atom stereocenters. The van der Waals surface area contributed by atoms with Gasteiger partial charge in [0.15, 0.2) is 9.84 Å². The summed E-state index contributed by atoms with van der Waals surface area (Å²) in [6, 6.07) is 17.1. The number of benzene rings is 2. The van der Waals surface area contributed by atoms with E-state index in [4.69, 9.17) is 4.74 Å². The number of ketones is 1. The second kappa shape index (κ2) is 14.4. The van der Waals surface area contributed by atoms with Gasteiger partial charge >= 0.3 is 0 Å². The lowest BCUT2D eigenvalue weighted by Crippen LogP contribution is -2.32. The Morgan fingerprint density at radius 2 is 1.74 bits per heavy atom. The van der Waals surface area contributed by atoms with Crippen LogP contribution in [0.4, 0.5) is 4.39 Å². The number of carbonyl (C=O) groups excluding carboxylic acids is 1. The summed E-state index contributed by atoms with van der Waals surface area (Å²) in [6.07, 6.45) is 3.75. The predicted octanol–water partition coefficient (Wildman–Crippen LogP) is 5.45. The van der Waals surface area contributed by atoms with Crippen molar-refractivity contribution in [3.05, 3.63) is 65.7 Å². The van der Waals surface area contributed by atoms with Crippen LogP contribution >= 0.6 is 0 Å². The molecule has 0 spiro atoms. The third kappa shape index (κ3) is 9.12. The van der Waals surface area contributed by atoms with Crippen LogP contribution in [0.2, 0.25) is 0 Å². The number of likely N-dealkylation sites (tertiary alicyclic amines) is 1. The molecular weight excluding hydrogens is 517 g/mol. The number of aliphatic hydroxyl groups is 1. The molecule has 0 bridgehead atoms. The van der Waals surface area contributed by atoms with Crippen molar-refractivity contribution in [2.24, 2.45) is 5.92 Å². The van der Waals surface area contributed by atoms with E-state index in [1.54, 1.807) is 12.1 Å². The highest BCUT2D eigenvalue weighted by Crippen LogP contribution is 2.30. The first kappa shape index (κ1) is 29.7. The molecule has 0 amide bonds. The molecule has 39 heavy (non-hydrogen) atoms. The van der Waals surface area contributed by atoms with E-state index in [9.17, 15) is 22.7 Å². The highest BCUT2D eigenvalue weighted by Gasteiger charge is 2.31. The van der Waals surface area contributed by atoms with Gasteiger partial charge in [0.2, 0.25) is 0 Å². The zero-order chi connectivity index (χ0) is 27.7. The number of rotatable bonds is 14. The number of hydrogen-bond donors (Lipinski definition) is 1. The van der Waals surface area contributed by atoms with Crippen molar-refractivity contribution in [1.29, 1.82) is 0 Å². The van der Waals surface area contributed by atoms with Gasteiger partial charge in [-0.05, 0) is 48.9 Å². The van der Waals surface area contributed by atoms with E-state index in [1.165, 1.54) is 0 Å². The topological polar surface area (TPSA) is 83.9 Å². The van der Waals surface area contributed by atoms with Gasteiger partial charge < -0.3 is 9.84 Å². The molecule has 4 rings (SSSR count). The number of carbonyl (C=O) groups is 1. The van der Waals surface area contributed by atoms with Crippen LogP contribution in [0.5, 0.6) is 5.75 Å². The van der Waals surface area contributed by atoms with Crippen LogP contribution in [0.25, 0.3) is 0 Å². The van der Waals surface area contributed by atoms with Gasteiger partial charge in [-0.15, -0.1) is 0 Å². The van der Waals surface area contributed by atoms with E-state index in [0.717, 1.165) is 37.7 Å². The van der Waals surface area contributed by atoms with Gasteiger partial charge in [-0.2, -0.15) is 0 Å². The summed E-state index contributed by atoms with van der Waals surface area (Å²) in [5.74, 6) is 0.253. The van der Waals surface area contributed by atoms with Crippen molar-refractivity contribution in [1.82, 2.24) is 4.90 Å². The third-order valence-corrected chi connectivity index (χ3v) is 10.4. The standard InChI is InChI=1S/C31H42FNO5S/c32-27-17-18-33(22-27)21-26(20-28(34)10-7-19-39(36,37)30-11-5-2-6-12-30)31(35)25-13-15-29(16-14-25)38-23-24-8-3-1-4-9-24/h1,3-4,8-9,13-16,26-27,30-31,35H,2,5-7,10-12,17-23H2/t26-,27-,31-/m1/s1. The van der Waals surface area contributed by atoms with Crippen molar-refractivity contribution in [2.75, 3.05) is 25.4 Å². The fourth-order valence-corrected chi connectivity index (χ4v) is 7.72. The van der Waals surface area contributed by atoms with E-state index < -0.39 is 28.0 Å². The Hall–Kier alpha value is -2.29. The highest BCUT2D eigenvalue weighted by molar-refractivity contribution is 7.92. The van der Waals surface area contributed by atoms with Gasteiger partial charge in [-0.25, -0.2) is 12.8 Å². The average molecular weight is 560 g/mol. The number of hydrogen-bond acceptors (Lipinski definition) is 6. The summed E-state index contributed by atoms with van der Waals surface area (Å²) in [7, 11) is -3.18. The molecule has 1 N–H and O–H groups in total. The SMILES string of the molecule is O=C(CCCS(=O)(=O)C1CCCCC1)C[C@H](CN1CC[C@@H](F)C1)[C@H](O)c1ccc(OCc2ccccc2)cc1. The Kier molecular flexibility index (Phi) is 10.9. The van der Waals surface area contributed by atoms with Crippen molar-refractivity contribution >= 4 is 15.6 Å². The lowest BCUT2D eigenvalue weighted by atomic mass is 9.89. The predicted molar refractivity (Wildman–Crippen MR) is 151 cm³/mol. The normalized spacial score (nSPS) is 20.5. The Morgan fingerprint density at radius 1 is 1.03 bits per heavy atom. The zero-order valence-electron chi connectivity index (χ0n) is 22.7. The van der Waals surface area contributed by atoms with Crippen LogP contribution in [0.15, 0.2) is 54.6 Å². The van der Waals surface area contributed by atoms with E-state index in [-0.39, 0.29) is 29.6 Å². The smallest absolute Gasteiger partial charge is 0.153 e. The van der Waals surface area contributed by atoms with Crippen molar-refractivity contribution in [2.45, 2.75) is 81.9 Å². The monoisotopic (exact) mass is 559 g/mol. The number of alkyl halides is 1. The van der Waals surface area contributed by atoms with Crippen LogP contribution in [-0.2, 0) is 21.2 Å². The summed E-state index contributed by atoms with van der Waals surface area (Å²) < 4.78 is 45.1. The summed E-state index contributed by atoms with van der Waals surface area (Å²) in [6.45, 7) is 1.77. The van der Waals surface area contributed by atoms with Gasteiger partial charge in [0.1, 0.15) is 24.3 Å². The molecule has 1 saturated carbocycles. The van der Waals surface area contributed by atoms with Gasteiger partial charge in [-0.3, -0.25) is 9.69 Å².